The van der Waals surface area contributed by atoms with Gasteiger partial charge >= 0.3 is 5.97 Å². The molecule has 0 fully saturated rings. The molecule has 124 valence electrons. The molecule has 0 rings (SSSR count). The summed E-state index contributed by atoms with van der Waals surface area (Å²) in [7, 11) is 0. The van der Waals surface area contributed by atoms with Gasteiger partial charge in [0, 0.05) is 24.9 Å². The first-order valence-corrected chi connectivity index (χ1v) is 8.77. The molecule has 3 heteroatoms. The Kier molecular flexibility index (Phi) is 13.3. The largest absolute Gasteiger partial charge is 0.478 e. The Bertz CT molecular complexity index is 273. The van der Waals surface area contributed by atoms with E-state index in [0.717, 1.165) is 13.1 Å². The van der Waals surface area contributed by atoms with Crippen molar-refractivity contribution in [1.29, 1.82) is 0 Å². The zero-order chi connectivity index (χ0) is 15.9. The molecular weight excluding hydrogens is 262 g/mol. The predicted molar refractivity (Wildman–Crippen MR) is 90.5 cm³/mol. The summed E-state index contributed by atoms with van der Waals surface area (Å²) in [5, 5.41) is 9.02. The van der Waals surface area contributed by atoms with Crippen molar-refractivity contribution in [3.63, 3.8) is 0 Å². The van der Waals surface area contributed by atoms with Crippen LogP contribution in [-0.2, 0) is 4.79 Å². The molecule has 0 unspecified atom stereocenters. The summed E-state index contributed by atoms with van der Waals surface area (Å²) < 4.78 is 0. The molecular formula is C18H35NO2. The van der Waals surface area contributed by atoms with Crippen molar-refractivity contribution in [1.82, 2.24) is 4.90 Å². The maximum absolute atomic E-state index is 11.0. The molecule has 0 aromatic heterocycles. The van der Waals surface area contributed by atoms with E-state index < -0.39 is 5.97 Å². The zero-order valence-electron chi connectivity index (χ0n) is 14.4. The lowest BCUT2D eigenvalue weighted by molar-refractivity contribution is -0.132. The van der Waals surface area contributed by atoms with Gasteiger partial charge in [-0.2, -0.15) is 0 Å². The molecule has 0 saturated carbocycles. The van der Waals surface area contributed by atoms with E-state index in [1.54, 1.807) is 6.92 Å². The molecule has 0 aliphatic rings. The molecule has 0 bridgehead atoms. The average Bonchev–Trinajstić information content (AvgIpc) is 2.46. The van der Waals surface area contributed by atoms with Crippen molar-refractivity contribution in [2.45, 2.75) is 85.0 Å². The number of carboxylic acids is 1. The highest BCUT2D eigenvalue weighted by atomic mass is 16.4. The molecule has 0 saturated heterocycles. The van der Waals surface area contributed by atoms with E-state index in [9.17, 15) is 4.79 Å². The summed E-state index contributed by atoms with van der Waals surface area (Å²) in [5.41, 5.74) is 0.442. The van der Waals surface area contributed by atoms with Gasteiger partial charge in [0.15, 0.2) is 0 Å². The molecule has 0 radical (unpaired) electrons. The maximum Gasteiger partial charge on any atom is 0.332 e. The SMILES string of the molecule is CCCCCCCN(C=C(C)C(=O)O)CCCCCCC. The number of hydrogen-bond donors (Lipinski definition) is 1. The van der Waals surface area contributed by atoms with Gasteiger partial charge in [-0.15, -0.1) is 0 Å². The topological polar surface area (TPSA) is 40.5 Å². The van der Waals surface area contributed by atoms with Crippen molar-refractivity contribution < 1.29 is 9.90 Å². The Balaban J connectivity index is 4.09. The second-order valence-electron chi connectivity index (χ2n) is 5.98. The van der Waals surface area contributed by atoms with Crippen LogP contribution in [0.1, 0.15) is 85.0 Å². The van der Waals surface area contributed by atoms with E-state index in [4.69, 9.17) is 5.11 Å². The van der Waals surface area contributed by atoms with Gasteiger partial charge in [-0.05, 0) is 19.8 Å². The highest BCUT2D eigenvalue weighted by molar-refractivity contribution is 5.85. The molecule has 0 aromatic rings. The summed E-state index contributed by atoms with van der Waals surface area (Å²) in [4.78, 5) is 13.2. The van der Waals surface area contributed by atoms with Crippen LogP contribution in [0, 0.1) is 0 Å². The zero-order valence-corrected chi connectivity index (χ0v) is 14.4. The van der Waals surface area contributed by atoms with Crippen molar-refractivity contribution in [3.05, 3.63) is 11.8 Å². The summed E-state index contributed by atoms with van der Waals surface area (Å²) in [6.07, 6.45) is 14.4. The summed E-state index contributed by atoms with van der Waals surface area (Å²) in [5.74, 6) is -0.808. The highest BCUT2D eigenvalue weighted by Gasteiger charge is 2.05. The van der Waals surface area contributed by atoms with E-state index in [-0.39, 0.29) is 0 Å². The standard InChI is InChI=1S/C18H35NO2/c1-4-6-8-10-12-14-19(16-17(3)18(20)21)15-13-11-9-7-5-2/h16H,4-15H2,1-3H3,(H,20,21). The third-order valence-electron chi connectivity index (χ3n) is 3.81. The minimum Gasteiger partial charge on any atom is -0.478 e. The van der Waals surface area contributed by atoms with Crippen LogP contribution in [0.25, 0.3) is 0 Å². The summed E-state index contributed by atoms with van der Waals surface area (Å²) in [6, 6.07) is 0. The smallest absolute Gasteiger partial charge is 0.332 e. The van der Waals surface area contributed by atoms with E-state index >= 15 is 0 Å². The summed E-state index contributed by atoms with van der Waals surface area (Å²) >= 11 is 0. The molecule has 3 nitrogen and oxygen atoms in total. The fourth-order valence-corrected chi connectivity index (χ4v) is 2.41. The first kappa shape index (κ1) is 20.0. The van der Waals surface area contributed by atoms with Gasteiger partial charge in [0.25, 0.3) is 0 Å². The monoisotopic (exact) mass is 297 g/mol. The van der Waals surface area contributed by atoms with Crippen LogP contribution in [0.15, 0.2) is 11.8 Å². The third kappa shape index (κ3) is 12.5. The van der Waals surface area contributed by atoms with Crippen LogP contribution in [0.3, 0.4) is 0 Å². The lowest BCUT2D eigenvalue weighted by atomic mass is 10.1. The Labute approximate surface area is 131 Å². The fourth-order valence-electron chi connectivity index (χ4n) is 2.41. The minimum atomic E-state index is -0.808. The number of rotatable bonds is 14. The average molecular weight is 297 g/mol. The second-order valence-corrected chi connectivity index (χ2v) is 5.98. The molecule has 0 heterocycles. The number of aliphatic carboxylic acids is 1. The Morgan fingerprint density at radius 1 is 0.857 bits per heavy atom. The molecule has 0 aliphatic carbocycles. The van der Waals surface area contributed by atoms with Gasteiger partial charge in [0.05, 0.1) is 0 Å². The number of carbonyl (C=O) groups is 1. The molecule has 0 spiro atoms. The lowest BCUT2D eigenvalue weighted by Gasteiger charge is -2.21. The Morgan fingerprint density at radius 3 is 1.67 bits per heavy atom. The van der Waals surface area contributed by atoms with Gasteiger partial charge in [-0.1, -0.05) is 65.2 Å². The summed E-state index contributed by atoms with van der Waals surface area (Å²) in [6.45, 7) is 8.11. The molecule has 1 N–H and O–H groups in total. The number of hydrogen-bond acceptors (Lipinski definition) is 2. The normalized spacial score (nSPS) is 11.7. The van der Waals surface area contributed by atoms with Crippen LogP contribution in [0.2, 0.25) is 0 Å². The number of carboxylic acid groups (broad SMARTS) is 1. The van der Waals surface area contributed by atoms with Gasteiger partial charge in [-0.25, -0.2) is 4.79 Å². The van der Waals surface area contributed by atoms with Gasteiger partial charge in [0.1, 0.15) is 0 Å². The van der Waals surface area contributed by atoms with E-state index in [1.165, 1.54) is 64.2 Å². The third-order valence-corrected chi connectivity index (χ3v) is 3.81. The molecule has 0 atom stereocenters. The number of unbranched alkanes of at least 4 members (excludes halogenated alkanes) is 8. The van der Waals surface area contributed by atoms with Crippen molar-refractivity contribution >= 4 is 5.97 Å². The Hall–Kier alpha value is -0.990. The predicted octanol–water partition coefficient (Wildman–Crippen LogP) is 5.22. The Morgan fingerprint density at radius 2 is 1.29 bits per heavy atom. The maximum atomic E-state index is 11.0. The fraction of sp³-hybridized carbons (Fsp3) is 0.833. The van der Waals surface area contributed by atoms with Crippen LogP contribution in [-0.4, -0.2) is 29.1 Å². The van der Waals surface area contributed by atoms with Crippen molar-refractivity contribution in [2.24, 2.45) is 0 Å². The van der Waals surface area contributed by atoms with Gasteiger partial charge in [-0.3, -0.25) is 0 Å². The molecule has 0 aliphatic heterocycles. The van der Waals surface area contributed by atoms with Crippen LogP contribution < -0.4 is 0 Å². The first-order chi connectivity index (χ1) is 10.1. The van der Waals surface area contributed by atoms with Crippen LogP contribution in [0.5, 0.6) is 0 Å². The highest BCUT2D eigenvalue weighted by Crippen LogP contribution is 2.09. The van der Waals surface area contributed by atoms with Crippen LogP contribution in [0.4, 0.5) is 0 Å². The van der Waals surface area contributed by atoms with E-state index in [2.05, 4.69) is 18.7 Å². The van der Waals surface area contributed by atoms with Crippen LogP contribution >= 0.6 is 0 Å². The van der Waals surface area contributed by atoms with E-state index in [1.807, 2.05) is 6.20 Å². The molecule has 0 amide bonds. The molecule has 21 heavy (non-hydrogen) atoms. The van der Waals surface area contributed by atoms with E-state index in [0.29, 0.717) is 5.57 Å². The second kappa shape index (κ2) is 14.0. The first-order valence-electron chi connectivity index (χ1n) is 8.77. The van der Waals surface area contributed by atoms with Gasteiger partial charge in [0.2, 0.25) is 0 Å². The quantitative estimate of drug-likeness (QED) is 0.353. The van der Waals surface area contributed by atoms with Crippen molar-refractivity contribution in [2.75, 3.05) is 13.1 Å². The van der Waals surface area contributed by atoms with Gasteiger partial charge < -0.3 is 10.0 Å². The number of nitrogens with zero attached hydrogens (tertiary/aromatic N) is 1. The lowest BCUT2D eigenvalue weighted by Crippen LogP contribution is -2.21. The minimum absolute atomic E-state index is 0.442. The molecule has 0 aromatic carbocycles. The van der Waals surface area contributed by atoms with Crippen molar-refractivity contribution in [3.8, 4) is 0 Å².